The molecule has 3 fully saturated rings. The van der Waals surface area contributed by atoms with Crippen LogP contribution < -0.4 is 14.8 Å². The summed E-state index contributed by atoms with van der Waals surface area (Å²) in [5.41, 5.74) is 1.17. The SMILES string of the molecule is C[C@@H]1CCCC[C@H]1N1C(=O)C(=O)N(C[NH+]2CCN(c3cc[nH+]cc3)CC2)C1=O. The number of hydrogen-bond donors (Lipinski definition) is 1. The number of piperazine rings is 1. The maximum absolute atomic E-state index is 12.9. The van der Waals surface area contributed by atoms with Crippen molar-refractivity contribution in [1.82, 2.24) is 9.80 Å². The van der Waals surface area contributed by atoms with E-state index >= 15 is 0 Å². The van der Waals surface area contributed by atoms with Crippen molar-refractivity contribution in [3.63, 3.8) is 0 Å². The quantitative estimate of drug-likeness (QED) is 0.560. The molecule has 2 N–H and O–H groups in total. The van der Waals surface area contributed by atoms with E-state index in [0.29, 0.717) is 0 Å². The first-order chi connectivity index (χ1) is 13.6. The van der Waals surface area contributed by atoms with Gasteiger partial charge in [-0.3, -0.25) is 14.5 Å². The molecule has 28 heavy (non-hydrogen) atoms. The van der Waals surface area contributed by atoms with Crippen LogP contribution in [0.4, 0.5) is 10.5 Å². The molecule has 0 bridgehead atoms. The third kappa shape index (κ3) is 3.48. The van der Waals surface area contributed by atoms with Gasteiger partial charge in [0.15, 0.2) is 19.1 Å². The number of rotatable bonds is 4. The van der Waals surface area contributed by atoms with Crippen molar-refractivity contribution in [1.29, 1.82) is 0 Å². The van der Waals surface area contributed by atoms with Crippen LogP contribution in [-0.4, -0.2) is 66.5 Å². The fraction of sp³-hybridized carbons (Fsp3) is 0.600. The van der Waals surface area contributed by atoms with Crippen LogP contribution >= 0.6 is 0 Å². The Kier molecular flexibility index (Phi) is 5.30. The first kappa shape index (κ1) is 18.9. The van der Waals surface area contributed by atoms with Gasteiger partial charge < -0.3 is 9.80 Å². The number of anilines is 1. The first-order valence-electron chi connectivity index (χ1n) is 10.3. The second-order valence-corrected chi connectivity index (χ2v) is 8.17. The molecule has 8 heteroatoms. The normalized spacial score (nSPS) is 27.0. The molecule has 8 nitrogen and oxygen atoms in total. The molecule has 0 radical (unpaired) electrons. The minimum atomic E-state index is -0.656. The zero-order valence-corrected chi connectivity index (χ0v) is 16.4. The Bertz CT molecular complexity index is 747. The lowest BCUT2D eigenvalue weighted by Gasteiger charge is -2.35. The van der Waals surface area contributed by atoms with Gasteiger partial charge in [-0.2, -0.15) is 0 Å². The van der Waals surface area contributed by atoms with E-state index in [1.165, 1.54) is 15.5 Å². The summed E-state index contributed by atoms with van der Waals surface area (Å²) >= 11 is 0. The summed E-state index contributed by atoms with van der Waals surface area (Å²) in [7, 11) is 0. The highest BCUT2D eigenvalue weighted by Gasteiger charge is 2.50. The first-order valence-corrected chi connectivity index (χ1v) is 10.3. The summed E-state index contributed by atoms with van der Waals surface area (Å²) in [6.45, 7) is 5.70. The second-order valence-electron chi connectivity index (χ2n) is 8.17. The fourth-order valence-corrected chi connectivity index (χ4v) is 4.69. The number of nitrogens with one attached hydrogen (secondary N) is 2. The number of quaternary nitrogens is 1. The molecular weight excluding hydrogens is 358 g/mol. The zero-order valence-electron chi connectivity index (χ0n) is 16.4. The second kappa shape index (κ2) is 7.87. The monoisotopic (exact) mass is 387 g/mol. The highest BCUT2D eigenvalue weighted by Crippen LogP contribution is 2.30. The minimum absolute atomic E-state index is 0.135. The lowest BCUT2D eigenvalue weighted by molar-refractivity contribution is -0.907. The van der Waals surface area contributed by atoms with Crippen molar-refractivity contribution < 1.29 is 24.3 Å². The smallest absolute Gasteiger partial charge is 0.338 e. The summed E-state index contributed by atoms with van der Waals surface area (Å²) < 4.78 is 0. The molecule has 3 aliphatic rings. The minimum Gasteiger partial charge on any atom is -0.360 e. The van der Waals surface area contributed by atoms with Crippen molar-refractivity contribution in [2.24, 2.45) is 5.92 Å². The van der Waals surface area contributed by atoms with Gasteiger partial charge in [-0.05, 0) is 18.8 Å². The molecule has 2 saturated heterocycles. The predicted molar refractivity (Wildman–Crippen MR) is 101 cm³/mol. The van der Waals surface area contributed by atoms with E-state index in [1.54, 1.807) is 0 Å². The Balaban J connectivity index is 1.38. The van der Waals surface area contributed by atoms with E-state index < -0.39 is 17.8 Å². The largest absolute Gasteiger partial charge is 0.360 e. The number of H-pyrrole nitrogens is 1. The number of aromatic amines is 1. The van der Waals surface area contributed by atoms with E-state index in [9.17, 15) is 14.4 Å². The third-order valence-electron chi connectivity index (χ3n) is 6.40. The van der Waals surface area contributed by atoms with Gasteiger partial charge in [0.1, 0.15) is 0 Å². The molecule has 2 aliphatic heterocycles. The summed E-state index contributed by atoms with van der Waals surface area (Å²) in [6, 6.07) is 3.53. The van der Waals surface area contributed by atoms with E-state index in [1.807, 2.05) is 24.5 Å². The highest BCUT2D eigenvalue weighted by atomic mass is 16.2. The number of nitrogens with zero attached hydrogens (tertiary/aromatic N) is 3. The number of aromatic nitrogens is 1. The molecule has 1 saturated carbocycles. The number of amides is 4. The van der Waals surface area contributed by atoms with E-state index in [-0.39, 0.29) is 18.6 Å². The van der Waals surface area contributed by atoms with Gasteiger partial charge in [-0.25, -0.2) is 14.7 Å². The lowest BCUT2D eigenvalue weighted by Crippen LogP contribution is -3.16. The summed E-state index contributed by atoms with van der Waals surface area (Å²) in [4.78, 5) is 46.9. The van der Waals surface area contributed by atoms with Gasteiger partial charge in [0.2, 0.25) is 0 Å². The standard InChI is InChI=1S/C20H27N5O3/c1-15-4-2-3-5-17(15)25-19(27)18(26)24(20(25)28)14-22-10-12-23(13-11-22)16-6-8-21-9-7-16/h6-9,15,17H,2-5,10-14H2,1H3/p+2/t15-,17-/m1/s1. The van der Waals surface area contributed by atoms with Gasteiger partial charge in [-0.1, -0.05) is 19.8 Å². The van der Waals surface area contributed by atoms with Crippen LogP contribution in [0, 0.1) is 5.92 Å². The Morgan fingerprint density at radius 2 is 1.71 bits per heavy atom. The predicted octanol–water partition coefficient (Wildman–Crippen LogP) is -0.467. The average Bonchev–Trinajstić information content (AvgIpc) is 2.93. The van der Waals surface area contributed by atoms with Crippen molar-refractivity contribution >= 4 is 23.5 Å². The van der Waals surface area contributed by atoms with Gasteiger partial charge in [-0.15, -0.1) is 0 Å². The molecule has 3 heterocycles. The van der Waals surface area contributed by atoms with Crippen LogP contribution in [0.3, 0.4) is 0 Å². The number of pyridine rings is 1. The van der Waals surface area contributed by atoms with Crippen molar-refractivity contribution in [3.8, 4) is 0 Å². The van der Waals surface area contributed by atoms with Crippen molar-refractivity contribution in [2.45, 2.75) is 38.6 Å². The van der Waals surface area contributed by atoms with E-state index in [0.717, 1.165) is 56.8 Å². The maximum Gasteiger partial charge on any atom is 0.338 e. The van der Waals surface area contributed by atoms with Crippen LogP contribution in [-0.2, 0) is 9.59 Å². The number of carbonyl (C=O) groups excluding carboxylic acids is 3. The number of imide groups is 2. The average molecular weight is 387 g/mol. The topological polar surface area (TPSA) is 79.5 Å². The Morgan fingerprint density at radius 3 is 2.39 bits per heavy atom. The number of urea groups is 1. The molecule has 4 amide bonds. The van der Waals surface area contributed by atoms with Gasteiger partial charge >= 0.3 is 17.8 Å². The van der Waals surface area contributed by atoms with Gasteiger partial charge in [0.25, 0.3) is 0 Å². The van der Waals surface area contributed by atoms with Crippen LogP contribution in [0.1, 0.15) is 32.6 Å². The molecule has 0 spiro atoms. The van der Waals surface area contributed by atoms with Gasteiger partial charge in [0, 0.05) is 23.9 Å². The highest BCUT2D eigenvalue weighted by molar-refractivity contribution is 6.44. The van der Waals surface area contributed by atoms with Crippen LogP contribution in [0.2, 0.25) is 0 Å². The van der Waals surface area contributed by atoms with Crippen LogP contribution in [0.25, 0.3) is 0 Å². The Morgan fingerprint density at radius 1 is 1.04 bits per heavy atom. The van der Waals surface area contributed by atoms with Crippen molar-refractivity contribution in [2.75, 3.05) is 37.7 Å². The number of hydrogen-bond acceptors (Lipinski definition) is 4. The molecule has 0 unspecified atom stereocenters. The molecule has 0 aromatic carbocycles. The molecule has 1 aromatic heterocycles. The fourth-order valence-electron chi connectivity index (χ4n) is 4.69. The summed E-state index contributed by atoms with van der Waals surface area (Å²) in [5.74, 6) is -1.04. The molecule has 1 aliphatic carbocycles. The summed E-state index contributed by atoms with van der Waals surface area (Å²) in [6.07, 6.45) is 7.75. The lowest BCUT2D eigenvalue weighted by atomic mass is 9.85. The van der Waals surface area contributed by atoms with Crippen LogP contribution in [0.15, 0.2) is 24.5 Å². The molecular formula is C20H29N5O3+2. The summed E-state index contributed by atoms with van der Waals surface area (Å²) in [5, 5.41) is 0. The van der Waals surface area contributed by atoms with E-state index in [2.05, 4.69) is 16.8 Å². The zero-order chi connectivity index (χ0) is 19.7. The van der Waals surface area contributed by atoms with Crippen molar-refractivity contribution in [3.05, 3.63) is 24.5 Å². The van der Waals surface area contributed by atoms with Gasteiger partial charge in [0.05, 0.1) is 26.2 Å². The maximum atomic E-state index is 12.9. The van der Waals surface area contributed by atoms with E-state index in [4.69, 9.17) is 0 Å². The molecule has 4 rings (SSSR count). The molecule has 1 aromatic rings. The van der Waals surface area contributed by atoms with Crippen LogP contribution in [0.5, 0.6) is 0 Å². The molecule has 150 valence electrons. The Labute approximate surface area is 165 Å². The Hall–Kier alpha value is -2.48. The number of carbonyl (C=O) groups is 3. The third-order valence-corrected chi connectivity index (χ3v) is 6.40. The molecule has 2 atom stereocenters.